The number of nitrogens with zero attached hydrogens (tertiary/aromatic N) is 1. The minimum absolute atomic E-state index is 0. The van der Waals surface area contributed by atoms with E-state index < -0.39 is 0 Å². The van der Waals surface area contributed by atoms with E-state index in [-0.39, 0.29) is 12.4 Å². The Kier molecular flexibility index (Phi) is 3.87. The first-order valence-electron chi connectivity index (χ1n) is 5.63. The van der Waals surface area contributed by atoms with Crippen LogP contribution < -0.4 is 5.32 Å². The average molecular weight is 269 g/mol. The van der Waals surface area contributed by atoms with E-state index in [4.69, 9.17) is 11.6 Å². The second-order valence-corrected chi connectivity index (χ2v) is 4.57. The third-order valence-electron chi connectivity index (χ3n) is 3.14. The molecule has 2 nitrogen and oxygen atoms in total. The molecular weight excluding hydrogens is 255 g/mol. The minimum Gasteiger partial charge on any atom is -0.310 e. The molecule has 0 saturated carbocycles. The van der Waals surface area contributed by atoms with Gasteiger partial charge in [0, 0.05) is 17.0 Å². The van der Waals surface area contributed by atoms with Crippen molar-refractivity contribution in [2.75, 3.05) is 6.54 Å². The molecule has 0 amide bonds. The van der Waals surface area contributed by atoms with Gasteiger partial charge in [0.2, 0.25) is 0 Å². The predicted molar refractivity (Wildman–Crippen MR) is 74.0 cm³/mol. The molecular formula is C13H14Cl2N2. The molecule has 4 heteroatoms. The van der Waals surface area contributed by atoms with Gasteiger partial charge in [-0.2, -0.15) is 0 Å². The maximum atomic E-state index is 6.23. The van der Waals surface area contributed by atoms with Gasteiger partial charge in [0.05, 0.1) is 5.52 Å². The lowest BCUT2D eigenvalue weighted by Crippen LogP contribution is -2.13. The van der Waals surface area contributed by atoms with Gasteiger partial charge in [-0.15, -0.1) is 12.4 Å². The van der Waals surface area contributed by atoms with Crippen LogP contribution in [0, 0.1) is 0 Å². The third-order valence-corrected chi connectivity index (χ3v) is 3.44. The summed E-state index contributed by atoms with van der Waals surface area (Å²) in [5, 5.41) is 5.25. The summed E-state index contributed by atoms with van der Waals surface area (Å²) in [6, 6.07) is 10.6. The highest BCUT2D eigenvalue weighted by molar-refractivity contribution is 6.30. The Bertz CT molecular complexity index is 522. The first-order chi connectivity index (χ1) is 7.84. The van der Waals surface area contributed by atoms with Crippen molar-refractivity contribution in [3.8, 4) is 0 Å². The van der Waals surface area contributed by atoms with E-state index in [1.54, 1.807) is 0 Å². The number of nitrogens with one attached hydrogen (secondary N) is 1. The van der Waals surface area contributed by atoms with Crippen LogP contribution in [0.5, 0.6) is 0 Å². The molecule has 1 fully saturated rings. The second kappa shape index (κ2) is 5.21. The molecule has 1 saturated heterocycles. The highest BCUT2D eigenvalue weighted by Crippen LogP contribution is 2.30. The topological polar surface area (TPSA) is 24.9 Å². The molecule has 1 aromatic carbocycles. The van der Waals surface area contributed by atoms with Crippen molar-refractivity contribution in [2.24, 2.45) is 0 Å². The summed E-state index contributed by atoms with van der Waals surface area (Å²) in [6.45, 7) is 1.08. The van der Waals surface area contributed by atoms with Gasteiger partial charge in [0.25, 0.3) is 0 Å². The van der Waals surface area contributed by atoms with Crippen molar-refractivity contribution >= 4 is 34.9 Å². The Hall–Kier alpha value is -0.830. The summed E-state index contributed by atoms with van der Waals surface area (Å²) < 4.78 is 0. The monoisotopic (exact) mass is 268 g/mol. The molecule has 0 radical (unpaired) electrons. The lowest BCUT2D eigenvalue weighted by molar-refractivity contribution is 0.646. The fraction of sp³-hybridized carbons (Fsp3) is 0.308. The summed E-state index contributed by atoms with van der Waals surface area (Å²) in [5.41, 5.74) is 2.10. The number of rotatable bonds is 1. The van der Waals surface area contributed by atoms with Gasteiger partial charge in [0.1, 0.15) is 5.15 Å². The minimum atomic E-state index is 0. The molecule has 0 bridgehead atoms. The summed E-state index contributed by atoms with van der Waals surface area (Å²) in [4.78, 5) is 4.45. The van der Waals surface area contributed by atoms with E-state index >= 15 is 0 Å². The van der Waals surface area contributed by atoms with Gasteiger partial charge < -0.3 is 5.32 Å². The average Bonchev–Trinajstić information content (AvgIpc) is 2.81. The van der Waals surface area contributed by atoms with E-state index in [9.17, 15) is 0 Å². The van der Waals surface area contributed by atoms with Crippen molar-refractivity contribution < 1.29 is 0 Å². The van der Waals surface area contributed by atoms with E-state index in [1.165, 1.54) is 6.42 Å². The van der Waals surface area contributed by atoms with Crippen molar-refractivity contribution in [3.63, 3.8) is 0 Å². The zero-order valence-electron chi connectivity index (χ0n) is 9.32. The van der Waals surface area contributed by atoms with Crippen molar-refractivity contribution in [1.29, 1.82) is 0 Å². The zero-order valence-corrected chi connectivity index (χ0v) is 10.9. The number of fused-ring (bicyclic) bond motifs is 1. The van der Waals surface area contributed by atoms with Crippen LogP contribution in [-0.2, 0) is 0 Å². The van der Waals surface area contributed by atoms with Crippen molar-refractivity contribution in [3.05, 3.63) is 41.0 Å². The van der Waals surface area contributed by atoms with Gasteiger partial charge in [-0.25, -0.2) is 4.98 Å². The van der Waals surface area contributed by atoms with Gasteiger partial charge >= 0.3 is 0 Å². The maximum absolute atomic E-state index is 6.23. The van der Waals surface area contributed by atoms with Gasteiger partial charge in [-0.05, 0) is 31.5 Å². The number of para-hydroxylation sites is 1. The van der Waals surface area contributed by atoms with Crippen LogP contribution in [0.1, 0.15) is 24.4 Å². The number of hydrogen-bond donors (Lipinski definition) is 1. The molecule has 90 valence electrons. The SMILES string of the molecule is Cl.Clc1nc2ccccc2cc1[C@H]1CCCN1. The predicted octanol–water partition coefficient (Wildman–Crippen LogP) is 3.73. The van der Waals surface area contributed by atoms with Crippen LogP contribution in [0.15, 0.2) is 30.3 Å². The van der Waals surface area contributed by atoms with Gasteiger partial charge in [0.15, 0.2) is 0 Å². The van der Waals surface area contributed by atoms with E-state index in [0.29, 0.717) is 11.2 Å². The Morgan fingerprint density at radius 3 is 2.88 bits per heavy atom. The van der Waals surface area contributed by atoms with Crippen LogP contribution in [0.3, 0.4) is 0 Å². The number of benzene rings is 1. The molecule has 3 rings (SSSR count). The first-order valence-corrected chi connectivity index (χ1v) is 6.01. The second-order valence-electron chi connectivity index (χ2n) is 4.21. The summed E-state index contributed by atoms with van der Waals surface area (Å²) in [6.07, 6.45) is 2.37. The zero-order chi connectivity index (χ0) is 11.0. The van der Waals surface area contributed by atoms with E-state index in [2.05, 4.69) is 22.4 Å². The fourth-order valence-electron chi connectivity index (χ4n) is 2.30. The Labute approximate surface area is 112 Å². The van der Waals surface area contributed by atoms with Crippen LogP contribution >= 0.6 is 24.0 Å². The molecule has 1 aromatic heterocycles. The van der Waals surface area contributed by atoms with Crippen LogP contribution in [-0.4, -0.2) is 11.5 Å². The van der Waals surface area contributed by atoms with Gasteiger partial charge in [-0.1, -0.05) is 29.8 Å². The number of hydrogen-bond acceptors (Lipinski definition) is 2. The first kappa shape index (κ1) is 12.6. The van der Waals surface area contributed by atoms with Crippen LogP contribution in [0.2, 0.25) is 5.15 Å². The molecule has 1 atom stereocenters. The maximum Gasteiger partial charge on any atom is 0.134 e. The van der Waals surface area contributed by atoms with Crippen molar-refractivity contribution in [1.82, 2.24) is 10.3 Å². The Balaban J connectivity index is 0.00000108. The number of aromatic nitrogens is 1. The lowest BCUT2D eigenvalue weighted by Gasteiger charge is -2.12. The number of pyridine rings is 1. The van der Waals surface area contributed by atoms with Crippen molar-refractivity contribution in [2.45, 2.75) is 18.9 Å². The molecule has 2 aromatic rings. The smallest absolute Gasteiger partial charge is 0.134 e. The largest absolute Gasteiger partial charge is 0.310 e. The highest BCUT2D eigenvalue weighted by atomic mass is 35.5. The standard InChI is InChI=1S/C13H13ClN2.ClH/c14-13-10(12-6-3-7-15-12)8-9-4-1-2-5-11(9)16-13;/h1-2,4-5,8,12,15H,3,6-7H2;1H/t12-;/m1./s1. The van der Waals surface area contributed by atoms with Gasteiger partial charge in [-0.3, -0.25) is 0 Å². The van der Waals surface area contributed by atoms with Crippen LogP contribution in [0.4, 0.5) is 0 Å². The quantitative estimate of drug-likeness (QED) is 0.798. The fourth-order valence-corrected chi connectivity index (χ4v) is 2.58. The molecule has 0 unspecified atom stereocenters. The molecule has 1 aliphatic heterocycles. The van der Waals surface area contributed by atoms with Crippen LogP contribution in [0.25, 0.3) is 10.9 Å². The Morgan fingerprint density at radius 1 is 1.29 bits per heavy atom. The molecule has 17 heavy (non-hydrogen) atoms. The summed E-state index contributed by atoms with van der Waals surface area (Å²) >= 11 is 6.23. The highest BCUT2D eigenvalue weighted by Gasteiger charge is 2.19. The van der Waals surface area contributed by atoms with E-state index in [1.807, 2.05) is 18.2 Å². The molecule has 0 aliphatic carbocycles. The molecule has 1 N–H and O–H groups in total. The number of halogens is 2. The normalized spacial score (nSPS) is 19.2. The van der Waals surface area contributed by atoms with E-state index in [0.717, 1.165) is 29.4 Å². The Morgan fingerprint density at radius 2 is 2.12 bits per heavy atom. The molecule has 0 spiro atoms. The molecule has 2 heterocycles. The third kappa shape index (κ3) is 2.39. The summed E-state index contributed by atoms with van der Waals surface area (Å²) in [5.74, 6) is 0. The molecule has 1 aliphatic rings. The lowest BCUT2D eigenvalue weighted by atomic mass is 10.1. The summed E-state index contributed by atoms with van der Waals surface area (Å²) in [7, 11) is 0.